The number of hydrogen-bond acceptors (Lipinski definition) is 6. The number of fused-ring (bicyclic) bond motifs is 1. The van der Waals surface area contributed by atoms with Gasteiger partial charge in [-0.3, -0.25) is 9.59 Å². The van der Waals surface area contributed by atoms with Crippen molar-refractivity contribution in [1.29, 1.82) is 0 Å². The van der Waals surface area contributed by atoms with Crippen LogP contribution < -0.4 is 0 Å². The maximum atomic E-state index is 13.3. The predicted octanol–water partition coefficient (Wildman–Crippen LogP) is 2.12. The van der Waals surface area contributed by atoms with Crippen LogP contribution in [-0.2, 0) is 14.3 Å². The van der Waals surface area contributed by atoms with Crippen molar-refractivity contribution in [3.63, 3.8) is 0 Å². The SMILES string of the molecule is COCCC(=O)N1CC[C@@H](c2c(C(=O)N3CCOCC3)sc3ncccc23)C1. The highest BCUT2D eigenvalue weighted by molar-refractivity contribution is 7.20. The average Bonchev–Trinajstić information content (AvgIpc) is 3.36. The zero-order chi connectivity index (χ0) is 19.5. The molecular formula is C20H25N3O4S. The van der Waals surface area contributed by atoms with Crippen LogP contribution in [0.5, 0.6) is 0 Å². The van der Waals surface area contributed by atoms with Gasteiger partial charge < -0.3 is 19.3 Å². The van der Waals surface area contributed by atoms with Crippen LogP contribution >= 0.6 is 11.3 Å². The largest absolute Gasteiger partial charge is 0.384 e. The van der Waals surface area contributed by atoms with E-state index in [9.17, 15) is 9.59 Å². The second-order valence-electron chi connectivity index (χ2n) is 7.17. The predicted molar refractivity (Wildman–Crippen MR) is 107 cm³/mol. The molecule has 0 unspecified atom stereocenters. The van der Waals surface area contributed by atoms with Crippen LogP contribution in [0.1, 0.15) is 34.0 Å². The number of carbonyl (C=O) groups excluding carboxylic acids is 2. The lowest BCUT2D eigenvalue weighted by Crippen LogP contribution is -2.40. The van der Waals surface area contributed by atoms with Crippen molar-refractivity contribution in [1.82, 2.24) is 14.8 Å². The fourth-order valence-corrected chi connectivity index (χ4v) is 5.19. The van der Waals surface area contributed by atoms with E-state index in [0.717, 1.165) is 33.6 Å². The number of ether oxygens (including phenoxy) is 2. The molecule has 0 spiro atoms. The van der Waals surface area contributed by atoms with E-state index >= 15 is 0 Å². The molecule has 2 aromatic heterocycles. The van der Waals surface area contributed by atoms with E-state index in [4.69, 9.17) is 9.47 Å². The van der Waals surface area contributed by atoms with Crippen molar-refractivity contribution < 1.29 is 19.1 Å². The summed E-state index contributed by atoms with van der Waals surface area (Å²) in [6.07, 6.45) is 3.03. The highest BCUT2D eigenvalue weighted by atomic mass is 32.1. The van der Waals surface area contributed by atoms with E-state index in [1.54, 1.807) is 13.3 Å². The van der Waals surface area contributed by atoms with Gasteiger partial charge in [0.05, 0.1) is 31.1 Å². The van der Waals surface area contributed by atoms with E-state index < -0.39 is 0 Å². The Morgan fingerprint density at radius 1 is 1.29 bits per heavy atom. The summed E-state index contributed by atoms with van der Waals surface area (Å²) in [6, 6.07) is 3.96. The number of nitrogens with zero attached hydrogens (tertiary/aromatic N) is 3. The van der Waals surface area contributed by atoms with Crippen LogP contribution in [0.4, 0.5) is 0 Å². The van der Waals surface area contributed by atoms with Crippen molar-refractivity contribution in [2.24, 2.45) is 0 Å². The molecule has 2 aliphatic rings. The fourth-order valence-electron chi connectivity index (χ4n) is 4.00. The molecule has 7 nitrogen and oxygen atoms in total. The molecule has 4 rings (SSSR count). The number of hydrogen-bond donors (Lipinski definition) is 0. The first-order valence-corrected chi connectivity index (χ1v) is 10.5. The van der Waals surface area contributed by atoms with Gasteiger partial charge in [0.1, 0.15) is 4.83 Å². The van der Waals surface area contributed by atoms with Crippen LogP contribution in [0.25, 0.3) is 10.2 Å². The molecule has 0 radical (unpaired) electrons. The third-order valence-electron chi connectivity index (χ3n) is 5.47. The molecule has 0 aliphatic carbocycles. The normalized spacial score (nSPS) is 20.1. The Bertz CT molecular complexity index is 862. The molecule has 8 heteroatoms. The second-order valence-corrected chi connectivity index (χ2v) is 8.17. The van der Waals surface area contributed by atoms with Crippen molar-refractivity contribution in [3.8, 4) is 0 Å². The van der Waals surface area contributed by atoms with Crippen molar-refractivity contribution in [2.45, 2.75) is 18.8 Å². The Hall–Kier alpha value is -2.03. The molecule has 150 valence electrons. The summed E-state index contributed by atoms with van der Waals surface area (Å²) in [5.41, 5.74) is 1.06. The van der Waals surface area contributed by atoms with Crippen molar-refractivity contribution in [3.05, 3.63) is 28.8 Å². The van der Waals surface area contributed by atoms with Gasteiger partial charge in [0.25, 0.3) is 5.91 Å². The lowest BCUT2D eigenvalue weighted by Gasteiger charge is -2.27. The molecule has 2 aromatic rings. The summed E-state index contributed by atoms with van der Waals surface area (Å²) < 4.78 is 10.4. The molecule has 0 bridgehead atoms. The Morgan fingerprint density at radius 2 is 2.11 bits per heavy atom. The zero-order valence-corrected chi connectivity index (χ0v) is 16.9. The van der Waals surface area contributed by atoms with E-state index in [1.165, 1.54) is 11.3 Å². The van der Waals surface area contributed by atoms with Crippen LogP contribution in [-0.4, -0.2) is 79.7 Å². The van der Waals surface area contributed by atoms with E-state index in [0.29, 0.717) is 45.9 Å². The third-order valence-corrected chi connectivity index (χ3v) is 6.58. The van der Waals surface area contributed by atoms with Crippen LogP contribution in [0.3, 0.4) is 0 Å². The number of thiophene rings is 1. The molecule has 2 aliphatic heterocycles. The van der Waals surface area contributed by atoms with Crippen molar-refractivity contribution >= 4 is 33.4 Å². The van der Waals surface area contributed by atoms with E-state index in [1.807, 2.05) is 21.9 Å². The highest BCUT2D eigenvalue weighted by Gasteiger charge is 2.34. The van der Waals surface area contributed by atoms with Crippen LogP contribution in [0.2, 0.25) is 0 Å². The first kappa shape index (κ1) is 19.3. The Balaban J connectivity index is 1.62. The van der Waals surface area contributed by atoms with E-state index in [2.05, 4.69) is 4.98 Å². The molecule has 2 amide bonds. The second kappa shape index (κ2) is 8.55. The lowest BCUT2D eigenvalue weighted by molar-refractivity contribution is -0.131. The zero-order valence-electron chi connectivity index (χ0n) is 16.1. The van der Waals surface area contributed by atoms with Gasteiger partial charge in [0.2, 0.25) is 5.91 Å². The molecule has 1 atom stereocenters. The van der Waals surface area contributed by atoms with Gasteiger partial charge in [-0.2, -0.15) is 0 Å². The van der Waals surface area contributed by atoms with Gasteiger partial charge in [-0.1, -0.05) is 6.07 Å². The summed E-state index contributed by atoms with van der Waals surface area (Å²) >= 11 is 1.47. The Kier molecular flexibility index (Phi) is 5.89. The minimum atomic E-state index is 0.0606. The average molecular weight is 404 g/mol. The Morgan fingerprint density at radius 3 is 2.89 bits per heavy atom. The summed E-state index contributed by atoms with van der Waals surface area (Å²) in [5, 5.41) is 1.04. The number of aromatic nitrogens is 1. The summed E-state index contributed by atoms with van der Waals surface area (Å²) in [4.78, 5) is 35.6. The number of likely N-dealkylation sites (tertiary alicyclic amines) is 1. The number of carbonyl (C=O) groups is 2. The summed E-state index contributed by atoms with van der Waals surface area (Å²) in [6.45, 7) is 4.19. The number of morpholine rings is 1. The Labute approximate surface area is 168 Å². The minimum absolute atomic E-state index is 0.0606. The molecule has 0 N–H and O–H groups in total. The van der Waals surface area contributed by atoms with Gasteiger partial charge in [-0.25, -0.2) is 4.98 Å². The van der Waals surface area contributed by atoms with Gasteiger partial charge in [0, 0.05) is 50.8 Å². The summed E-state index contributed by atoms with van der Waals surface area (Å²) in [5.74, 6) is 0.331. The molecule has 28 heavy (non-hydrogen) atoms. The number of pyridine rings is 1. The van der Waals surface area contributed by atoms with Gasteiger partial charge in [0.15, 0.2) is 0 Å². The fraction of sp³-hybridized carbons (Fsp3) is 0.550. The standard InChI is InChI=1S/C20H25N3O4S/c1-26-10-5-16(24)23-7-4-14(13-23)17-15-3-2-6-21-19(15)28-18(17)20(25)22-8-11-27-12-9-22/h2-3,6,14H,4-5,7-13H2,1H3/t14-/m1/s1. The molecule has 4 heterocycles. The van der Waals surface area contributed by atoms with Crippen molar-refractivity contribution in [2.75, 3.05) is 53.1 Å². The minimum Gasteiger partial charge on any atom is -0.384 e. The van der Waals surface area contributed by atoms with Gasteiger partial charge in [-0.15, -0.1) is 11.3 Å². The summed E-state index contributed by atoms with van der Waals surface area (Å²) in [7, 11) is 1.61. The molecule has 2 fully saturated rings. The third kappa shape index (κ3) is 3.76. The van der Waals surface area contributed by atoms with Gasteiger partial charge >= 0.3 is 0 Å². The molecule has 0 saturated carbocycles. The topological polar surface area (TPSA) is 72.0 Å². The maximum absolute atomic E-state index is 13.3. The smallest absolute Gasteiger partial charge is 0.264 e. The first-order valence-electron chi connectivity index (χ1n) is 9.70. The molecular weight excluding hydrogens is 378 g/mol. The van der Waals surface area contributed by atoms with Crippen LogP contribution in [0, 0.1) is 0 Å². The monoisotopic (exact) mass is 403 g/mol. The first-order chi connectivity index (χ1) is 13.7. The quantitative estimate of drug-likeness (QED) is 0.765. The molecule has 2 saturated heterocycles. The van der Waals surface area contributed by atoms with Crippen LogP contribution in [0.15, 0.2) is 18.3 Å². The molecule has 0 aromatic carbocycles. The van der Waals surface area contributed by atoms with Gasteiger partial charge in [-0.05, 0) is 18.1 Å². The lowest BCUT2D eigenvalue weighted by atomic mass is 9.95. The van der Waals surface area contributed by atoms with E-state index in [-0.39, 0.29) is 17.7 Å². The maximum Gasteiger partial charge on any atom is 0.264 e. The number of rotatable bonds is 5. The number of amides is 2. The number of methoxy groups -OCH3 is 1. The highest BCUT2D eigenvalue weighted by Crippen LogP contribution is 2.40.